The number of hydrogen-bond acceptors (Lipinski definition) is 3. The minimum Gasteiger partial charge on any atom is -0.325 e. The molecule has 3 nitrogen and oxygen atoms in total. The lowest BCUT2D eigenvalue weighted by atomic mass is 9.97. The van der Waals surface area contributed by atoms with E-state index >= 15 is 0 Å². The van der Waals surface area contributed by atoms with Gasteiger partial charge >= 0.3 is 0 Å². The van der Waals surface area contributed by atoms with Crippen molar-refractivity contribution in [3.8, 4) is 0 Å². The van der Waals surface area contributed by atoms with Gasteiger partial charge in [0, 0.05) is 12.5 Å². The molecule has 82 valence electrons. The van der Waals surface area contributed by atoms with E-state index in [9.17, 15) is 0 Å². The molecular formula is C13H15N3. The zero-order valence-electron chi connectivity index (χ0n) is 9.30. The molecule has 0 aliphatic rings. The van der Waals surface area contributed by atoms with E-state index in [0.717, 1.165) is 11.4 Å². The van der Waals surface area contributed by atoms with Crippen molar-refractivity contribution in [1.29, 1.82) is 0 Å². The van der Waals surface area contributed by atoms with Gasteiger partial charge in [-0.2, -0.15) is 0 Å². The maximum Gasteiger partial charge on any atom is 0.116 e. The monoisotopic (exact) mass is 213 g/mol. The number of benzene rings is 1. The highest BCUT2D eigenvalue weighted by Gasteiger charge is 2.09. The number of aromatic nitrogens is 2. The van der Waals surface area contributed by atoms with Crippen LogP contribution in [-0.4, -0.2) is 9.97 Å². The minimum atomic E-state index is 0.273. The van der Waals surface area contributed by atoms with Crippen LogP contribution in [0.25, 0.3) is 0 Å². The highest BCUT2D eigenvalue weighted by atomic mass is 14.9. The van der Waals surface area contributed by atoms with E-state index in [1.54, 1.807) is 6.33 Å². The Balaban J connectivity index is 2.30. The van der Waals surface area contributed by atoms with E-state index in [1.165, 1.54) is 5.56 Å². The van der Waals surface area contributed by atoms with Crippen LogP contribution in [-0.2, 0) is 6.54 Å². The molecule has 0 amide bonds. The fraction of sp³-hybridized carbons (Fsp3) is 0.231. The Bertz CT molecular complexity index is 454. The lowest BCUT2D eigenvalue weighted by molar-refractivity contribution is 0.838. The second kappa shape index (κ2) is 4.86. The zero-order valence-corrected chi connectivity index (χ0v) is 9.30. The Kier molecular flexibility index (Phi) is 3.27. The molecule has 1 heterocycles. The van der Waals surface area contributed by atoms with Gasteiger partial charge in [0.25, 0.3) is 0 Å². The highest BCUT2D eigenvalue weighted by molar-refractivity contribution is 5.27. The first-order valence-electron chi connectivity index (χ1n) is 5.37. The Morgan fingerprint density at radius 1 is 1.19 bits per heavy atom. The summed E-state index contributed by atoms with van der Waals surface area (Å²) in [5, 5.41) is 0. The van der Waals surface area contributed by atoms with E-state index in [4.69, 9.17) is 5.73 Å². The van der Waals surface area contributed by atoms with Crippen LogP contribution in [0.15, 0.2) is 42.7 Å². The van der Waals surface area contributed by atoms with Crippen LogP contribution in [0.2, 0.25) is 0 Å². The van der Waals surface area contributed by atoms with Crippen LogP contribution in [0.1, 0.15) is 29.8 Å². The van der Waals surface area contributed by atoms with Crippen molar-refractivity contribution in [1.82, 2.24) is 9.97 Å². The summed E-state index contributed by atoms with van der Waals surface area (Å²) in [7, 11) is 0. The third-order valence-electron chi connectivity index (χ3n) is 2.70. The maximum atomic E-state index is 5.57. The van der Waals surface area contributed by atoms with Gasteiger partial charge in [-0.05, 0) is 11.6 Å². The molecule has 2 aromatic rings. The van der Waals surface area contributed by atoms with E-state index < -0.39 is 0 Å². The average Bonchev–Trinajstić information content (AvgIpc) is 2.39. The third kappa shape index (κ3) is 2.25. The molecule has 0 saturated heterocycles. The molecule has 3 heteroatoms. The molecule has 1 atom stereocenters. The molecule has 1 aromatic carbocycles. The second-order valence-corrected chi connectivity index (χ2v) is 3.77. The van der Waals surface area contributed by atoms with Crippen molar-refractivity contribution in [2.24, 2.45) is 5.73 Å². The lowest BCUT2D eigenvalue weighted by Gasteiger charge is -2.11. The molecule has 0 aliphatic heterocycles. The van der Waals surface area contributed by atoms with Gasteiger partial charge in [0.1, 0.15) is 6.33 Å². The normalized spacial score (nSPS) is 12.4. The van der Waals surface area contributed by atoms with Crippen molar-refractivity contribution >= 4 is 0 Å². The van der Waals surface area contributed by atoms with Crippen LogP contribution in [0, 0.1) is 0 Å². The van der Waals surface area contributed by atoms with Crippen LogP contribution < -0.4 is 5.73 Å². The number of nitrogens with two attached hydrogens (primary N) is 1. The summed E-state index contributed by atoms with van der Waals surface area (Å²) in [5.41, 5.74) is 8.72. The topological polar surface area (TPSA) is 51.8 Å². The van der Waals surface area contributed by atoms with Gasteiger partial charge < -0.3 is 5.73 Å². The van der Waals surface area contributed by atoms with Gasteiger partial charge in [0.15, 0.2) is 0 Å². The molecule has 0 aliphatic carbocycles. The van der Waals surface area contributed by atoms with Crippen LogP contribution in [0.5, 0.6) is 0 Å². The Hall–Kier alpha value is -1.74. The highest BCUT2D eigenvalue weighted by Crippen LogP contribution is 2.21. The van der Waals surface area contributed by atoms with E-state index in [2.05, 4.69) is 29.0 Å². The molecule has 2 N–H and O–H groups in total. The Labute approximate surface area is 95.4 Å². The molecular weight excluding hydrogens is 198 g/mol. The Morgan fingerprint density at radius 3 is 2.62 bits per heavy atom. The van der Waals surface area contributed by atoms with Crippen molar-refractivity contribution in [3.05, 3.63) is 59.7 Å². The predicted octanol–water partition coefficient (Wildman–Crippen LogP) is 2.09. The van der Waals surface area contributed by atoms with Crippen LogP contribution in [0.4, 0.5) is 0 Å². The second-order valence-electron chi connectivity index (χ2n) is 3.77. The largest absolute Gasteiger partial charge is 0.325 e. The summed E-state index contributed by atoms with van der Waals surface area (Å²) in [6.45, 7) is 2.59. The van der Waals surface area contributed by atoms with Gasteiger partial charge in [-0.1, -0.05) is 37.3 Å². The van der Waals surface area contributed by atoms with Crippen LogP contribution in [0.3, 0.4) is 0 Å². The molecule has 1 aromatic heterocycles. The number of nitrogens with zero attached hydrogens (tertiary/aromatic N) is 2. The van der Waals surface area contributed by atoms with Gasteiger partial charge in [-0.25, -0.2) is 9.97 Å². The number of rotatable bonds is 3. The van der Waals surface area contributed by atoms with E-state index in [1.807, 2.05) is 24.3 Å². The molecule has 0 bridgehead atoms. The van der Waals surface area contributed by atoms with Crippen LogP contribution >= 0.6 is 0 Å². The molecule has 0 saturated carbocycles. The SMILES string of the molecule is C[C@H](c1ccccc1)c1cc(CN)ncn1. The quantitative estimate of drug-likeness (QED) is 0.849. The molecule has 0 fully saturated rings. The third-order valence-corrected chi connectivity index (χ3v) is 2.70. The minimum absolute atomic E-state index is 0.273. The van der Waals surface area contributed by atoms with Crippen molar-refractivity contribution in [2.45, 2.75) is 19.4 Å². The molecule has 0 radical (unpaired) electrons. The van der Waals surface area contributed by atoms with Gasteiger partial charge in [0.2, 0.25) is 0 Å². The molecule has 0 spiro atoms. The van der Waals surface area contributed by atoms with Crippen molar-refractivity contribution in [3.63, 3.8) is 0 Å². The molecule has 16 heavy (non-hydrogen) atoms. The van der Waals surface area contributed by atoms with Crippen molar-refractivity contribution < 1.29 is 0 Å². The zero-order chi connectivity index (χ0) is 11.4. The lowest BCUT2D eigenvalue weighted by Crippen LogP contribution is -2.05. The first-order valence-corrected chi connectivity index (χ1v) is 5.37. The fourth-order valence-electron chi connectivity index (χ4n) is 1.68. The summed E-state index contributed by atoms with van der Waals surface area (Å²) in [6, 6.07) is 12.3. The molecule has 0 unspecified atom stereocenters. The summed E-state index contributed by atoms with van der Waals surface area (Å²) in [6.07, 6.45) is 1.58. The fourth-order valence-corrected chi connectivity index (χ4v) is 1.68. The smallest absolute Gasteiger partial charge is 0.116 e. The standard InChI is InChI=1S/C13H15N3/c1-10(11-5-3-2-4-6-11)13-7-12(8-14)15-9-16-13/h2-7,9-10H,8,14H2,1H3/t10-/m1/s1. The maximum absolute atomic E-state index is 5.57. The van der Waals surface area contributed by atoms with Gasteiger partial charge in [-0.3, -0.25) is 0 Å². The predicted molar refractivity (Wildman–Crippen MR) is 63.9 cm³/mol. The van der Waals surface area contributed by atoms with E-state index in [-0.39, 0.29) is 5.92 Å². The average molecular weight is 213 g/mol. The van der Waals surface area contributed by atoms with Crippen molar-refractivity contribution in [2.75, 3.05) is 0 Å². The van der Waals surface area contributed by atoms with Gasteiger partial charge in [-0.15, -0.1) is 0 Å². The summed E-state index contributed by atoms with van der Waals surface area (Å²) in [5.74, 6) is 0.273. The first kappa shape index (κ1) is 10.8. The number of hydrogen-bond donors (Lipinski definition) is 1. The van der Waals surface area contributed by atoms with Gasteiger partial charge in [0.05, 0.1) is 11.4 Å². The van der Waals surface area contributed by atoms with E-state index in [0.29, 0.717) is 6.54 Å². The Morgan fingerprint density at radius 2 is 1.94 bits per heavy atom. The summed E-state index contributed by atoms with van der Waals surface area (Å²) < 4.78 is 0. The summed E-state index contributed by atoms with van der Waals surface area (Å²) in [4.78, 5) is 8.39. The molecule has 2 rings (SSSR count). The summed E-state index contributed by atoms with van der Waals surface area (Å²) >= 11 is 0. The first-order chi connectivity index (χ1) is 7.81.